The molecule has 34 heavy (non-hydrogen) atoms. The molecular weight excluding hydrogens is 614 g/mol. The summed E-state index contributed by atoms with van der Waals surface area (Å²) in [4.78, 5) is 0.285. The fourth-order valence-electron chi connectivity index (χ4n) is 7.62. The molecule has 0 saturated carbocycles. The first-order valence-corrected chi connectivity index (χ1v) is 20.4. The van der Waals surface area contributed by atoms with E-state index in [1.54, 1.807) is 0 Å². The molecule has 9 heteroatoms. The van der Waals surface area contributed by atoms with Crippen LogP contribution in [0.5, 0.6) is 0 Å². The minimum atomic E-state index is -2.00. The Balaban J connectivity index is 0.00000193. The first kappa shape index (κ1) is 34.1. The zero-order valence-corrected chi connectivity index (χ0v) is 30.9. The fraction of sp³-hybridized carbons (Fsp3) is 0.680. The van der Waals surface area contributed by atoms with Gasteiger partial charge in [0.15, 0.2) is 0 Å². The van der Waals surface area contributed by atoms with Crippen LogP contribution in [0.2, 0.25) is 0 Å². The van der Waals surface area contributed by atoms with Gasteiger partial charge in [-0.15, -0.1) is 0 Å². The van der Waals surface area contributed by atoms with Gasteiger partial charge in [-0.3, -0.25) is 0 Å². The van der Waals surface area contributed by atoms with Gasteiger partial charge in [-0.25, -0.2) is 0 Å². The number of halogens is 2. The summed E-state index contributed by atoms with van der Waals surface area (Å²) in [6.07, 6.45) is 14.9. The van der Waals surface area contributed by atoms with Crippen molar-refractivity contribution in [3.63, 3.8) is 0 Å². The van der Waals surface area contributed by atoms with Gasteiger partial charge in [-0.05, 0) is 0 Å². The van der Waals surface area contributed by atoms with E-state index in [9.17, 15) is 0 Å². The van der Waals surface area contributed by atoms with Crippen molar-refractivity contribution in [2.24, 2.45) is 0 Å². The standard InChI is InChI=1S/C25H46N2P4.2ClH.Zr/c1-23(2,3)26-28(9)19-15-13-17-21(19)30(26,11)25(7,8)31(12)22-18-14-16-20(22)29(10)27(31)24(4,5)6;;;/h13-20,30-31H,1-12H3;2*1H;/q;;;+2/p-2. The number of fused-ring (bicyclic) bond motifs is 2. The summed E-state index contributed by atoms with van der Waals surface area (Å²) in [5.41, 5.74) is 1.74. The van der Waals surface area contributed by atoms with Gasteiger partial charge >= 0.3 is 222 Å². The molecule has 4 atom stereocenters. The van der Waals surface area contributed by atoms with Crippen LogP contribution in [0.4, 0.5) is 0 Å². The van der Waals surface area contributed by atoms with Crippen molar-refractivity contribution >= 4 is 31.0 Å². The first-order valence-electron chi connectivity index (χ1n) is 11.9. The summed E-state index contributed by atoms with van der Waals surface area (Å²) < 4.78 is 6.20. The number of hydrogen-bond donors (Lipinski definition) is 0. The summed E-state index contributed by atoms with van der Waals surface area (Å²) in [5.74, 6) is 0. The predicted octanol–water partition coefficient (Wildman–Crippen LogP) is 2.24. The normalized spacial score (nSPS) is 33.6. The smallest absolute Gasteiger partial charge is 1.00 e. The molecule has 0 N–H and O–H groups in total. The Morgan fingerprint density at radius 2 is 0.971 bits per heavy atom. The van der Waals surface area contributed by atoms with Crippen LogP contribution in [0.15, 0.2) is 47.1 Å². The van der Waals surface area contributed by atoms with Gasteiger partial charge in [0.25, 0.3) is 0 Å². The molecule has 0 bridgehead atoms. The second-order valence-electron chi connectivity index (χ2n) is 12.8. The average Bonchev–Trinajstić information content (AvgIpc) is 3.33. The third-order valence-corrected chi connectivity index (χ3v) is 32.7. The van der Waals surface area contributed by atoms with Crippen LogP contribution in [-0.4, -0.2) is 62.8 Å². The second-order valence-corrected chi connectivity index (χ2v) is 27.1. The first-order chi connectivity index (χ1) is 14.0. The summed E-state index contributed by atoms with van der Waals surface area (Å²) in [6, 6.07) is 0. The Hall–Kier alpha value is 2.06. The van der Waals surface area contributed by atoms with Crippen molar-refractivity contribution in [2.75, 3.05) is 26.7 Å². The van der Waals surface area contributed by atoms with Gasteiger partial charge in [0, 0.05) is 0 Å². The molecule has 4 aliphatic rings. The molecule has 0 aromatic heterocycles. The third kappa shape index (κ3) is 4.39. The van der Waals surface area contributed by atoms with E-state index in [1.807, 2.05) is 10.6 Å². The summed E-state index contributed by atoms with van der Waals surface area (Å²) in [7, 11) is -4.39. The van der Waals surface area contributed by atoms with Crippen molar-refractivity contribution in [3.05, 3.63) is 47.1 Å². The van der Waals surface area contributed by atoms with E-state index in [0.717, 1.165) is 0 Å². The van der Waals surface area contributed by atoms with Gasteiger partial charge in [0.2, 0.25) is 0 Å². The number of hydrogen-bond acceptors (Lipinski definition) is 2. The largest absolute Gasteiger partial charge is 2.00 e. The van der Waals surface area contributed by atoms with E-state index in [4.69, 9.17) is 0 Å². The van der Waals surface area contributed by atoms with Crippen LogP contribution in [-0.2, 0) is 26.2 Å². The minimum Gasteiger partial charge on any atom is -1.00 e. The van der Waals surface area contributed by atoms with Crippen molar-refractivity contribution in [1.82, 2.24) is 8.88 Å². The molecule has 2 aliphatic carbocycles. The maximum Gasteiger partial charge on any atom is 2.00 e. The quantitative estimate of drug-likeness (QED) is 0.420. The van der Waals surface area contributed by atoms with Crippen molar-refractivity contribution in [2.45, 2.75) is 82.7 Å². The van der Waals surface area contributed by atoms with E-state index in [1.165, 1.54) is 0 Å². The third-order valence-electron chi connectivity index (χ3n) is 8.89. The molecule has 0 spiro atoms. The summed E-state index contributed by atoms with van der Waals surface area (Å²) in [5, 5.41) is 3.64. The van der Waals surface area contributed by atoms with E-state index in [-0.39, 0.29) is 83.1 Å². The van der Waals surface area contributed by atoms with Crippen LogP contribution in [0, 0.1) is 0 Å². The Morgan fingerprint density at radius 1 is 0.676 bits per heavy atom. The average molecular weight is 661 g/mol. The van der Waals surface area contributed by atoms with E-state index in [2.05, 4.69) is 127 Å². The molecular formula is C25H46Cl2N2P4Zr. The van der Waals surface area contributed by atoms with Gasteiger partial charge < -0.3 is 24.8 Å². The number of allylic oxidation sites excluding steroid dienone is 8. The molecule has 2 heterocycles. The Kier molecular flexibility index (Phi) is 10.6. The van der Waals surface area contributed by atoms with Gasteiger partial charge in [0.05, 0.1) is 0 Å². The minimum absolute atomic E-state index is 0. The van der Waals surface area contributed by atoms with Crippen molar-refractivity contribution < 1.29 is 51.0 Å². The molecule has 4 unspecified atom stereocenters. The molecule has 0 aromatic rings. The van der Waals surface area contributed by atoms with Gasteiger partial charge in [-0.2, -0.15) is 0 Å². The molecule has 194 valence electrons. The monoisotopic (exact) mass is 658 g/mol. The van der Waals surface area contributed by atoms with Crippen LogP contribution in [0.3, 0.4) is 0 Å². The zero-order valence-electron chi connectivity index (χ0n) is 23.2. The molecule has 2 fully saturated rings. The zero-order chi connectivity index (χ0) is 23.4. The molecule has 0 aromatic carbocycles. The summed E-state index contributed by atoms with van der Waals surface area (Å²) in [6.45, 7) is 30.9. The molecule has 4 rings (SSSR count). The van der Waals surface area contributed by atoms with E-state index >= 15 is 0 Å². The SMILES string of the molecule is CP1C2C=CC=C2[PH](C)(C(C)(C)[PH]2(C)C3=CC=CC3P(C)N2C(C)(C)C)N1C(C)(C)C.[Cl-].[Cl-].[Zr+2]. The van der Waals surface area contributed by atoms with E-state index < -0.39 is 14.8 Å². The van der Waals surface area contributed by atoms with Gasteiger partial charge in [0.1, 0.15) is 0 Å². The number of nitrogens with zero attached hydrogens (tertiary/aromatic N) is 2. The topological polar surface area (TPSA) is 6.48 Å². The van der Waals surface area contributed by atoms with Gasteiger partial charge in [-0.1, -0.05) is 0 Å². The van der Waals surface area contributed by atoms with Crippen LogP contribution < -0.4 is 24.8 Å². The fourth-order valence-corrected chi connectivity index (χ4v) is 36.1. The van der Waals surface area contributed by atoms with Crippen LogP contribution in [0.25, 0.3) is 0 Å². The Labute approximate surface area is 245 Å². The van der Waals surface area contributed by atoms with Crippen LogP contribution >= 0.6 is 31.0 Å². The van der Waals surface area contributed by atoms with Crippen molar-refractivity contribution in [3.8, 4) is 0 Å². The van der Waals surface area contributed by atoms with Crippen molar-refractivity contribution in [1.29, 1.82) is 0 Å². The summed E-state index contributed by atoms with van der Waals surface area (Å²) >= 11 is 0. The Morgan fingerprint density at radius 3 is 1.24 bits per heavy atom. The molecule has 0 radical (unpaired) electrons. The molecule has 2 nitrogen and oxygen atoms in total. The van der Waals surface area contributed by atoms with E-state index in [0.29, 0.717) is 11.3 Å². The maximum atomic E-state index is 3.10. The predicted molar refractivity (Wildman–Crippen MR) is 153 cm³/mol. The Bertz CT molecular complexity index is 849. The molecule has 2 saturated heterocycles. The molecule has 0 amide bonds. The second kappa shape index (κ2) is 10.6. The van der Waals surface area contributed by atoms with Crippen LogP contribution in [0.1, 0.15) is 55.4 Å². The number of rotatable bonds is 2. The maximum absolute atomic E-state index is 3.10. The molecule has 2 aliphatic heterocycles.